The molecule has 0 saturated heterocycles. The second-order valence-electron chi connectivity index (χ2n) is 5.20. The largest absolute Gasteiger partial charge is 0.341 e. The van der Waals surface area contributed by atoms with Gasteiger partial charge >= 0.3 is 0 Å². The van der Waals surface area contributed by atoms with Crippen LogP contribution in [-0.4, -0.2) is 21.8 Å². The van der Waals surface area contributed by atoms with Crippen LogP contribution in [0.5, 0.6) is 0 Å². The number of halogens is 3. The van der Waals surface area contributed by atoms with Gasteiger partial charge in [0.15, 0.2) is 0 Å². The molecule has 3 N–H and O–H groups in total. The lowest BCUT2D eigenvalue weighted by Gasteiger charge is -2.09. The van der Waals surface area contributed by atoms with E-state index in [1.54, 1.807) is 12.1 Å². The Balaban J connectivity index is 1.70. The topological polar surface area (TPSA) is 86.9 Å². The van der Waals surface area contributed by atoms with Crippen molar-refractivity contribution in [2.24, 2.45) is 0 Å². The third kappa shape index (κ3) is 3.86. The SMILES string of the molecule is O=C(Nc1ccc(NC(=O)c2c(F)cc(F)cc2Cl)cc1)c1cnc[nH]1. The van der Waals surface area contributed by atoms with Crippen LogP contribution in [0.3, 0.4) is 0 Å². The summed E-state index contributed by atoms with van der Waals surface area (Å²) in [6.45, 7) is 0. The molecule has 0 fully saturated rings. The van der Waals surface area contributed by atoms with Crippen molar-refractivity contribution in [1.29, 1.82) is 0 Å². The highest BCUT2D eigenvalue weighted by atomic mass is 35.5. The van der Waals surface area contributed by atoms with E-state index in [4.69, 9.17) is 11.6 Å². The number of nitrogens with zero attached hydrogens (tertiary/aromatic N) is 1. The summed E-state index contributed by atoms with van der Waals surface area (Å²) in [6.07, 6.45) is 2.76. The van der Waals surface area contributed by atoms with Gasteiger partial charge in [0.1, 0.15) is 17.3 Å². The molecule has 3 rings (SSSR count). The molecule has 1 aromatic heterocycles. The van der Waals surface area contributed by atoms with Crippen molar-refractivity contribution in [2.75, 3.05) is 10.6 Å². The smallest absolute Gasteiger partial charge is 0.273 e. The highest BCUT2D eigenvalue weighted by Gasteiger charge is 2.18. The third-order valence-electron chi connectivity index (χ3n) is 3.38. The molecule has 0 radical (unpaired) electrons. The van der Waals surface area contributed by atoms with Crippen molar-refractivity contribution in [2.45, 2.75) is 0 Å². The summed E-state index contributed by atoms with van der Waals surface area (Å²) in [6, 6.07) is 7.55. The van der Waals surface area contributed by atoms with Crippen LogP contribution in [0, 0.1) is 11.6 Å². The first-order chi connectivity index (χ1) is 12.4. The Bertz CT molecular complexity index is 936. The summed E-state index contributed by atoms with van der Waals surface area (Å²) in [5, 5.41) is 4.76. The van der Waals surface area contributed by atoms with E-state index < -0.39 is 23.1 Å². The third-order valence-corrected chi connectivity index (χ3v) is 3.68. The molecule has 0 spiro atoms. The monoisotopic (exact) mass is 376 g/mol. The number of imidazole rings is 1. The fraction of sp³-hybridized carbons (Fsp3) is 0. The summed E-state index contributed by atoms with van der Waals surface area (Å²) < 4.78 is 26.8. The zero-order valence-corrected chi connectivity index (χ0v) is 13.8. The van der Waals surface area contributed by atoms with E-state index in [2.05, 4.69) is 20.6 Å². The number of carbonyl (C=O) groups is 2. The molecule has 0 unspecified atom stereocenters. The molecule has 1 heterocycles. The fourth-order valence-corrected chi connectivity index (χ4v) is 2.45. The van der Waals surface area contributed by atoms with E-state index in [0.717, 1.165) is 6.07 Å². The number of H-pyrrole nitrogens is 1. The van der Waals surface area contributed by atoms with Crippen LogP contribution in [0.2, 0.25) is 5.02 Å². The van der Waals surface area contributed by atoms with E-state index in [-0.39, 0.29) is 10.9 Å². The van der Waals surface area contributed by atoms with Crippen LogP contribution in [0.4, 0.5) is 20.2 Å². The maximum Gasteiger partial charge on any atom is 0.273 e. The van der Waals surface area contributed by atoms with Crippen LogP contribution < -0.4 is 10.6 Å². The number of anilines is 2. The number of nitrogens with one attached hydrogen (secondary N) is 3. The first kappa shape index (κ1) is 17.6. The Labute approximate surface area is 151 Å². The minimum absolute atomic E-state index is 0.295. The van der Waals surface area contributed by atoms with Gasteiger partial charge in [-0.3, -0.25) is 9.59 Å². The van der Waals surface area contributed by atoms with Gasteiger partial charge in [0.25, 0.3) is 11.8 Å². The van der Waals surface area contributed by atoms with E-state index in [1.165, 1.54) is 24.7 Å². The summed E-state index contributed by atoms with van der Waals surface area (Å²) in [5.41, 5.74) is 0.663. The summed E-state index contributed by atoms with van der Waals surface area (Å²) >= 11 is 5.73. The Morgan fingerprint density at radius 2 is 1.62 bits per heavy atom. The molecule has 0 aliphatic heterocycles. The molecule has 2 aromatic carbocycles. The molecule has 26 heavy (non-hydrogen) atoms. The van der Waals surface area contributed by atoms with E-state index >= 15 is 0 Å². The minimum atomic E-state index is -1.06. The maximum absolute atomic E-state index is 13.8. The van der Waals surface area contributed by atoms with Crippen molar-refractivity contribution in [1.82, 2.24) is 9.97 Å². The van der Waals surface area contributed by atoms with Gasteiger partial charge in [-0.05, 0) is 30.3 Å². The fourth-order valence-electron chi connectivity index (χ4n) is 2.17. The van der Waals surface area contributed by atoms with Gasteiger partial charge < -0.3 is 15.6 Å². The van der Waals surface area contributed by atoms with E-state index in [9.17, 15) is 18.4 Å². The van der Waals surface area contributed by atoms with Crippen LogP contribution in [-0.2, 0) is 0 Å². The molecule has 0 bridgehead atoms. The first-order valence-corrected chi connectivity index (χ1v) is 7.67. The second-order valence-corrected chi connectivity index (χ2v) is 5.60. The van der Waals surface area contributed by atoms with Crippen molar-refractivity contribution in [3.8, 4) is 0 Å². The molecule has 0 aliphatic rings. The molecule has 0 aliphatic carbocycles. The molecule has 3 aromatic rings. The van der Waals surface area contributed by atoms with Crippen molar-refractivity contribution < 1.29 is 18.4 Å². The highest BCUT2D eigenvalue weighted by Crippen LogP contribution is 2.23. The molecule has 0 saturated carbocycles. The van der Waals surface area contributed by atoms with Gasteiger partial charge in [-0.15, -0.1) is 0 Å². The summed E-state index contributed by atoms with van der Waals surface area (Å²) in [7, 11) is 0. The Morgan fingerprint density at radius 1 is 1.00 bits per heavy atom. The minimum Gasteiger partial charge on any atom is -0.341 e. The normalized spacial score (nSPS) is 10.4. The number of carbonyl (C=O) groups excluding carboxylic acids is 2. The number of amides is 2. The van der Waals surface area contributed by atoms with Gasteiger partial charge in [-0.2, -0.15) is 0 Å². The number of benzene rings is 2. The Hall–Kier alpha value is -3.26. The molecular weight excluding hydrogens is 366 g/mol. The van der Waals surface area contributed by atoms with Gasteiger partial charge in [0, 0.05) is 17.4 Å². The number of aromatic nitrogens is 2. The van der Waals surface area contributed by atoms with Crippen LogP contribution in [0.1, 0.15) is 20.8 Å². The van der Waals surface area contributed by atoms with Gasteiger partial charge in [0.05, 0.1) is 23.1 Å². The molecule has 0 atom stereocenters. The lowest BCUT2D eigenvalue weighted by Crippen LogP contribution is -2.15. The van der Waals surface area contributed by atoms with Gasteiger partial charge in [-0.1, -0.05) is 11.6 Å². The molecule has 132 valence electrons. The Morgan fingerprint density at radius 3 is 2.15 bits per heavy atom. The average Bonchev–Trinajstić information content (AvgIpc) is 3.10. The number of rotatable bonds is 4. The lowest BCUT2D eigenvalue weighted by atomic mass is 10.2. The second kappa shape index (κ2) is 7.32. The van der Waals surface area contributed by atoms with Crippen molar-refractivity contribution in [3.63, 3.8) is 0 Å². The average molecular weight is 377 g/mol. The van der Waals surface area contributed by atoms with Gasteiger partial charge in [-0.25, -0.2) is 13.8 Å². The number of hydrogen-bond acceptors (Lipinski definition) is 3. The van der Waals surface area contributed by atoms with E-state index in [1.807, 2.05) is 0 Å². The standard InChI is InChI=1S/C17H11ClF2N4O2/c18-12-5-9(19)6-13(20)15(12)17(26)24-11-3-1-10(2-4-11)23-16(25)14-7-21-8-22-14/h1-8H,(H,21,22)(H,23,25)(H,24,26). The van der Waals surface area contributed by atoms with Crippen LogP contribution >= 0.6 is 11.6 Å². The highest BCUT2D eigenvalue weighted by molar-refractivity contribution is 6.34. The quantitative estimate of drug-likeness (QED) is 0.646. The lowest BCUT2D eigenvalue weighted by molar-refractivity contribution is 0.101. The number of aromatic amines is 1. The van der Waals surface area contributed by atoms with E-state index in [0.29, 0.717) is 23.1 Å². The predicted octanol–water partition coefficient (Wildman–Crippen LogP) is 3.85. The molecule has 9 heteroatoms. The van der Waals surface area contributed by atoms with Crippen molar-refractivity contribution >= 4 is 34.8 Å². The number of hydrogen-bond donors (Lipinski definition) is 3. The Kier molecular flexibility index (Phi) is 4.94. The van der Waals surface area contributed by atoms with Crippen LogP contribution in [0.15, 0.2) is 48.9 Å². The predicted molar refractivity (Wildman–Crippen MR) is 92.3 cm³/mol. The molecule has 6 nitrogen and oxygen atoms in total. The zero-order chi connectivity index (χ0) is 18.7. The van der Waals surface area contributed by atoms with Crippen molar-refractivity contribution in [3.05, 3.63) is 76.8 Å². The maximum atomic E-state index is 13.8. The zero-order valence-electron chi connectivity index (χ0n) is 13.0. The first-order valence-electron chi connectivity index (χ1n) is 7.30. The molecular formula is C17H11ClF2N4O2. The van der Waals surface area contributed by atoms with Gasteiger partial charge in [0.2, 0.25) is 0 Å². The summed E-state index contributed by atoms with van der Waals surface area (Å²) in [5.74, 6) is -3.13. The summed E-state index contributed by atoms with van der Waals surface area (Å²) in [4.78, 5) is 30.5. The molecule has 2 amide bonds. The van der Waals surface area contributed by atoms with Crippen LogP contribution in [0.25, 0.3) is 0 Å².